The summed E-state index contributed by atoms with van der Waals surface area (Å²) in [5, 5.41) is 3.67. The van der Waals surface area contributed by atoms with Crippen LogP contribution < -0.4 is 19.7 Å². The van der Waals surface area contributed by atoms with Crippen molar-refractivity contribution in [3.63, 3.8) is 0 Å². The third kappa shape index (κ3) is 3.33. The number of nitrogens with zero attached hydrogens (tertiary/aromatic N) is 1. The zero-order valence-electron chi connectivity index (χ0n) is 18.2. The van der Waals surface area contributed by atoms with E-state index in [-0.39, 0.29) is 6.61 Å². The van der Waals surface area contributed by atoms with Crippen LogP contribution in [0.4, 0.5) is 5.69 Å². The third-order valence-corrected chi connectivity index (χ3v) is 6.10. The molecule has 168 valence electrons. The zero-order valence-corrected chi connectivity index (χ0v) is 19.0. The largest absolute Gasteiger partial charge is 0.493 e. The van der Waals surface area contributed by atoms with Gasteiger partial charge in [0, 0.05) is 11.3 Å². The Morgan fingerprint density at radius 1 is 1.19 bits per heavy atom. The van der Waals surface area contributed by atoms with Crippen LogP contribution >= 0.6 is 12.2 Å². The molecular weight excluding hydrogens is 432 g/mol. The highest BCUT2D eigenvalue weighted by atomic mass is 32.1. The Morgan fingerprint density at radius 2 is 1.91 bits per heavy atom. The highest BCUT2D eigenvalue weighted by Gasteiger charge is 2.60. The Hall–Kier alpha value is -3.33. The van der Waals surface area contributed by atoms with Gasteiger partial charge in [0.2, 0.25) is 5.72 Å². The van der Waals surface area contributed by atoms with Gasteiger partial charge in [0.25, 0.3) is 0 Å². The fraction of sp³-hybridized carbons (Fsp3) is 0.348. The SMILES string of the molecule is CCOC(=O)c1ccc(N2C(=S)N[C@H]3c4cccc(OC)c4O[C@@]2(C)[C@H]3C(=O)OC)cc1. The second-order valence-corrected chi connectivity index (χ2v) is 7.95. The summed E-state index contributed by atoms with van der Waals surface area (Å²) in [4.78, 5) is 26.7. The van der Waals surface area contributed by atoms with Crippen LogP contribution in [0.25, 0.3) is 0 Å². The van der Waals surface area contributed by atoms with E-state index in [0.29, 0.717) is 27.9 Å². The molecule has 2 aromatic rings. The van der Waals surface area contributed by atoms with Gasteiger partial charge in [-0.25, -0.2) is 4.79 Å². The highest BCUT2D eigenvalue weighted by molar-refractivity contribution is 7.80. The second-order valence-electron chi connectivity index (χ2n) is 7.57. The molecule has 1 N–H and O–H groups in total. The lowest BCUT2D eigenvalue weighted by Crippen LogP contribution is -2.71. The van der Waals surface area contributed by atoms with E-state index in [2.05, 4.69) is 5.32 Å². The van der Waals surface area contributed by atoms with Gasteiger partial charge in [0.05, 0.1) is 32.4 Å². The number of nitrogens with one attached hydrogen (secondary N) is 1. The first kappa shape index (κ1) is 21.9. The monoisotopic (exact) mass is 456 g/mol. The van der Waals surface area contributed by atoms with E-state index in [0.717, 1.165) is 5.56 Å². The lowest BCUT2D eigenvalue weighted by molar-refractivity contribution is -0.157. The highest BCUT2D eigenvalue weighted by Crippen LogP contribution is 2.52. The molecule has 2 heterocycles. The van der Waals surface area contributed by atoms with Gasteiger partial charge in [0.1, 0.15) is 5.92 Å². The van der Waals surface area contributed by atoms with Gasteiger partial charge in [-0.05, 0) is 56.4 Å². The van der Waals surface area contributed by atoms with E-state index >= 15 is 0 Å². The van der Waals surface area contributed by atoms with Crippen molar-refractivity contribution < 1.29 is 28.5 Å². The number of hydrogen-bond donors (Lipinski definition) is 1. The average molecular weight is 457 g/mol. The van der Waals surface area contributed by atoms with E-state index in [4.69, 9.17) is 31.2 Å². The Morgan fingerprint density at radius 3 is 2.53 bits per heavy atom. The average Bonchev–Trinajstić information content (AvgIpc) is 2.78. The molecule has 2 bridgehead atoms. The van der Waals surface area contributed by atoms with E-state index in [1.165, 1.54) is 7.11 Å². The number of methoxy groups -OCH3 is 2. The molecule has 9 heteroatoms. The molecule has 0 unspecified atom stereocenters. The number of carbonyl (C=O) groups excluding carboxylic acids is 2. The molecule has 0 aliphatic carbocycles. The molecule has 0 saturated carbocycles. The number of esters is 2. The Bertz CT molecular complexity index is 1070. The molecule has 0 amide bonds. The van der Waals surface area contributed by atoms with Crippen LogP contribution in [-0.2, 0) is 14.3 Å². The maximum absolute atomic E-state index is 12.9. The molecule has 1 saturated heterocycles. The van der Waals surface area contributed by atoms with Gasteiger partial charge in [-0.3, -0.25) is 9.69 Å². The predicted molar refractivity (Wildman–Crippen MR) is 121 cm³/mol. The molecule has 32 heavy (non-hydrogen) atoms. The second kappa shape index (κ2) is 8.31. The number of carbonyl (C=O) groups is 2. The Kier molecular flexibility index (Phi) is 5.68. The normalized spacial score (nSPS) is 23.4. The number of thiocarbonyl (C=S) groups is 1. The van der Waals surface area contributed by atoms with E-state index in [9.17, 15) is 9.59 Å². The number of fused-ring (bicyclic) bond motifs is 4. The topological polar surface area (TPSA) is 86.3 Å². The van der Waals surface area contributed by atoms with Crippen LogP contribution in [0.3, 0.4) is 0 Å². The van der Waals surface area contributed by atoms with Crippen molar-refractivity contribution in [2.45, 2.75) is 25.6 Å². The van der Waals surface area contributed by atoms with Gasteiger partial charge in [-0.1, -0.05) is 12.1 Å². The maximum Gasteiger partial charge on any atom is 0.338 e. The quantitative estimate of drug-likeness (QED) is 0.538. The van der Waals surface area contributed by atoms with Crippen LogP contribution in [0.15, 0.2) is 42.5 Å². The van der Waals surface area contributed by atoms with Crippen molar-refractivity contribution in [3.8, 4) is 11.5 Å². The molecule has 0 spiro atoms. The minimum absolute atomic E-state index is 0.288. The van der Waals surface area contributed by atoms with Crippen molar-refractivity contribution in [2.75, 3.05) is 25.7 Å². The molecule has 1 fully saturated rings. The lowest BCUT2D eigenvalue weighted by Gasteiger charge is -2.55. The summed E-state index contributed by atoms with van der Waals surface area (Å²) in [5.41, 5.74) is 0.601. The molecule has 8 nitrogen and oxygen atoms in total. The molecular formula is C23H24N2O6S. The number of benzene rings is 2. The predicted octanol–water partition coefficient (Wildman–Crippen LogP) is 3.21. The van der Waals surface area contributed by atoms with Crippen molar-refractivity contribution >= 4 is 35.0 Å². The van der Waals surface area contributed by atoms with Crippen LogP contribution in [0, 0.1) is 5.92 Å². The zero-order chi connectivity index (χ0) is 23.0. The summed E-state index contributed by atoms with van der Waals surface area (Å²) in [6.45, 7) is 3.83. The van der Waals surface area contributed by atoms with Crippen molar-refractivity contribution in [3.05, 3.63) is 53.6 Å². The maximum atomic E-state index is 12.9. The molecule has 2 aliphatic rings. The van der Waals surface area contributed by atoms with E-state index in [1.807, 2.05) is 12.1 Å². The van der Waals surface area contributed by atoms with Crippen LogP contribution in [0.2, 0.25) is 0 Å². The van der Waals surface area contributed by atoms with Crippen LogP contribution in [0.1, 0.15) is 35.8 Å². The van der Waals surface area contributed by atoms with Crippen molar-refractivity contribution in [1.82, 2.24) is 5.32 Å². The molecule has 3 atom stereocenters. The summed E-state index contributed by atoms with van der Waals surface area (Å²) in [7, 11) is 2.91. The molecule has 2 aromatic carbocycles. The number of rotatable bonds is 5. The molecule has 0 radical (unpaired) electrons. The van der Waals surface area contributed by atoms with Crippen molar-refractivity contribution in [2.24, 2.45) is 5.92 Å². The first-order valence-electron chi connectivity index (χ1n) is 10.2. The molecule has 4 rings (SSSR count). The van der Waals surface area contributed by atoms with Crippen LogP contribution in [0.5, 0.6) is 11.5 Å². The Balaban J connectivity index is 1.82. The van der Waals surface area contributed by atoms with Gasteiger partial charge in [-0.2, -0.15) is 0 Å². The first-order valence-corrected chi connectivity index (χ1v) is 10.6. The standard InChI is InChI=1S/C23H24N2O6S/c1-5-30-20(26)13-9-11-14(12-10-13)25-22(32)24-18-15-7-6-8-16(28-3)19(15)31-23(25,2)17(18)21(27)29-4/h6-12,17-18H,5H2,1-4H3,(H,24,32)/t17-,18+,23+/m1/s1. The first-order chi connectivity index (χ1) is 15.3. The summed E-state index contributed by atoms with van der Waals surface area (Å²) < 4.78 is 22.2. The van der Waals surface area contributed by atoms with Gasteiger partial charge in [-0.15, -0.1) is 0 Å². The van der Waals surface area contributed by atoms with Gasteiger partial charge >= 0.3 is 11.9 Å². The lowest BCUT2D eigenvalue weighted by atomic mass is 9.79. The minimum atomic E-state index is -1.22. The summed E-state index contributed by atoms with van der Waals surface area (Å²) in [5.74, 6) is -0.498. The number of para-hydroxylation sites is 1. The summed E-state index contributed by atoms with van der Waals surface area (Å²) >= 11 is 5.69. The van der Waals surface area contributed by atoms with E-state index in [1.54, 1.807) is 56.2 Å². The van der Waals surface area contributed by atoms with Crippen molar-refractivity contribution in [1.29, 1.82) is 0 Å². The fourth-order valence-electron chi connectivity index (χ4n) is 4.37. The smallest absolute Gasteiger partial charge is 0.338 e. The number of ether oxygens (including phenoxy) is 4. The van der Waals surface area contributed by atoms with Gasteiger partial charge < -0.3 is 24.3 Å². The van der Waals surface area contributed by atoms with E-state index < -0.39 is 29.6 Å². The summed E-state index contributed by atoms with van der Waals surface area (Å²) in [6.07, 6.45) is 0. The minimum Gasteiger partial charge on any atom is -0.493 e. The van der Waals surface area contributed by atoms with Crippen LogP contribution in [-0.4, -0.2) is 43.6 Å². The number of hydrogen-bond acceptors (Lipinski definition) is 7. The Labute approximate surface area is 191 Å². The third-order valence-electron chi connectivity index (χ3n) is 5.80. The van der Waals surface area contributed by atoms with Gasteiger partial charge in [0.15, 0.2) is 16.6 Å². The number of anilines is 1. The summed E-state index contributed by atoms with van der Waals surface area (Å²) in [6, 6.07) is 11.8. The fourth-order valence-corrected chi connectivity index (χ4v) is 4.78. The molecule has 2 aliphatic heterocycles. The molecule has 0 aromatic heterocycles.